The van der Waals surface area contributed by atoms with Crippen molar-refractivity contribution in [3.63, 3.8) is 0 Å². The smallest absolute Gasteiger partial charge is 0.262 e. The molecule has 0 spiro atoms. The van der Waals surface area contributed by atoms with E-state index >= 15 is 0 Å². The van der Waals surface area contributed by atoms with Crippen molar-refractivity contribution in [2.75, 3.05) is 29.9 Å². The Kier molecular flexibility index (Phi) is 5.89. The highest BCUT2D eigenvalue weighted by molar-refractivity contribution is 5.96. The highest BCUT2D eigenvalue weighted by atomic mass is 16.5. The van der Waals surface area contributed by atoms with E-state index in [4.69, 9.17) is 4.74 Å². The molecule has 0 saturated carbocycles. The number of hydrogen-bond donors (Lipinski definition) is 1. The van der Waals surface area contributed by atoms with Crippen LogP contribution in [0.25, 0.3) is 0 Å². The largest absolute Gasteiger partial charge is 0.484 e. The molecule has 1 aliphatic heterocycles. The highest BCUT2D eigenvalue weighted by Crippen LogP contribution is 2.22. The quantitative estimate of drug-likeness (QED) is 0.768. The highest BCUT2D eigenvalue weighted by Gasteiger charge is 2.12. The summed E-state index contributed by atoms with van der Waals surface area (Å²) in [7, 11) is 0. The first-order chi connectivity index (χ1) is 12.7. The second kappa shape index (κ2) is 8.52. The minimum absolute atomic E-state index is 0.0745. The van der Waals surface area contributed by atoms with Gasteiger partial charge in [0, 0.05) is 36.4 Å². The Morgan fingerprint density at radius 2 is 1.65 bits per heavy atom. The molecule has 0 aliphatic carbocycles. The summed E-state index contributed by atoms with van der Waals surface area (Å²) in [4.78, 5) is 26.0. The first-order valence-corrected chi connectivity index (χ1v) is 9.06. The van der Waals surface area contributed by atoms with E-state index < -0.39 is 0 Å². The van der Waals surface area contributed by atoms with Crippen LogP contribution in [0.3, 0.4) is 0 Å². The molecule has 1 heterocycles. The van der Waals surface area contributed by atoms with Gasteiger partial charge in [0.2, 0.25) is 0 Å². The van der Waals surface area contributed by atoms with Gasteiger partial charge in [0.15, 0.2) is 12.4 Å². The first-order valence-electron chi connectivity index (χ1n) is 9.06. The summed E-state index contributed by atoms with van der Waals surface area (Å²) in [6, 6.07) is 14.7. The summed E-state index contributed by atoms with van der Waals surface area (Å²) in [5.74, 6) is 0.441. The Morgan fingerprint density at radius 3 is 2.27 bits per heavy atom. The molecule has 1 N–H and O–H groups in total. The number of nitrogens with one attached hydrogen (secondary N) is 1. The second-order valence-corrected chi connectivity index (χ2v) is 6.38. The molecule has 1 amide bonds. The summed E-state index contributed by atoms with van der Waals surface area (Å²) < 4.78 is 5.48. The molecule has 136 valence electrons. The van der Waals surface area contributed by atoms with Crippen LogP contribution in [0.15, 0.2) is 48.5 Å². The number of rotatable bonds is 7. The number of carbonyl (C=O) groups is 2. The zero-order chi connectivity index (χ0) is 18.4. The van der Waals surface area contributed by atoms with Gasteiger partial charge < -0.3 is 15.0 Å². The first kappa shape index (κ1) is 18.0. The number of ketones is 1. The lowest BCUT2D eigenvalue weighted by Crippen LogP contribution is -2.20. The van der Waals surface area contributed by atoms with Crippen LogP contribution in [0.2, 0.25) is 0 Å². The number of anilines is 2. The normalized spacial score (nSPS) is 13.5. The molecule has 1 fully saturated rings. The lowest BCUT2D eigenvalue weighted by atomic mass is 10.1. The summed E-state index contributed by atoms with van der Waals surface area (Å²) >= 11 is 0. The van der Waals surface area contributed by atoms with Gasteiger partial charge in [-0.05, 0) is 61.4 Å². The summed E-state index contributed by atoms with van der Waals surface area (Å²) in [6.45, 7) is 3.95. The molecule has 2 aromatic rings. The zero-order valence-electron chi connectivity index (χ0n) is 15.0. The number of carbonyl (C=O) groups excluding carboxylic acids is 2. The van der Waals surface area contributed by atoms with Crippen LogP contribution in [0.4, 0.5) is 11.4 Å². The maximum absolute atomic E-state index is 12.0. The van der Waals surface area contributed by atoms with Crippen molar-refractivity contribution in [2.24, 2.45) is 0 Å². The van der Waals surface area contributed by atoms with Gasteiger partial charge in [-0.3, -0.25) is 9.59 Å². The van der Waals surface area contributed by atoms with Crippen LogP contribution in [0, 0.1) is 0 Å². The Balaban J connectivity index is 1.48. The van der Waals surface area contributed by atoms with Crippen LogP contribution in [-0.2, 0) is 4.79 Å². The molecule has 1 aliphatic rings. The van der Waals surface area contributed by atoms with E-state index in [2.05, 4.69) is 10.2 Å². The molecule has 5 heteroatoms. The number of hydrogen-bond acceptors (Lipinski definition) is 4. The van der Waals surface area contributed by atoms with Crippen molar-refractivity contribution in [3.05, 3.63) is 54.1 Å². The predicted octanol–water partition coefficient (Wildman–Crippen LogP) is 3.90. The fraction of sp³-hybridized carbons (Fsp3) is 0.333. The van der Waals surface area contributed by atoms with E-state index in [0.717, 1.165) is 18.8 Å². The van der Waals surface area contributed by atoms with Crippen LogP contribution in [-0.4, -0.2) is 31.4 Å². The number of Topliss-reactive ketones (excluding diaryl/α,β-unsaturated/α-hetero) is 1. The molecule has 5 nitrogen and oxygen atoms in total. The molecule has 2 aromatic carbocycles. The fourth-order valence-electron chi connectivity index (χ4n) is 3.02. The molecule has 1 saturated heterocycles. The van der Waals surface area contributed by atoms with E-state index in [1.54, 1.807) is 24.3 Å². The van der Waals surface area contributed by atoms with Crippen molar-refractivity contribution in [1.82, 2.24) is 0 Å². The van der Waals surface area contributed by atoms with Crippen LogP contribution in [0.5, 0.6) is 5.75 Å². The maximum atomic E-state index is 12.0. The zero-order valence-corrected chi connectivity index (χ0v) is 15.0. The van der Waals surface area contributed by atoms with Crippen LogP contribution in [0.1, 0.15) is 36.5 Å². The molecule has 0 radical (unpaired) electrons. The molecule has 26 heavy (non-hydrogen) atoms. The van der Waals surface area contributed by atoms with Crippen LogP contribution < -0.4 is 15.0 Å². The average Bonchev–Trinajstić information content (AvgIpc) is 3.21. The topological polar surface area (TPSA) is 58.6 Å². The Morgan fingerprint density at radius 1 is 1.00 bits per heavy atom. The van der Waals surface area contributed by atoms with E-state index in [-0.39, 0.29) is 18.3 Å². The van der Waals surface area contributed by atoms with Crippen molar-refractivity contribution >= 4 is 23.1 Å². The van der Waals surface area contributed by atoms with E-state index in [1.807, 2.05) is 31.2 Å². The second-order valence-electron chi connectivity index (χ2n) is 6.38. The predicted molar refractivity (Wildman–Crippen MR) is 103 cm³/mol. The molecule has 3 rings (SSSR count). The Labute approximate surface area is 154 Å². The lowest BCUT2D eigenvalue weighted by Gasteiger charge is -2.17. The fourth-order valence-corrected chi connectivity index (χ4v) is 3.02. The SMILES string of the molecule is CCC(=O)c1ccc(OCC(=O)Nc2ccc(N3CCCC3)cc2)cc1. The monoisotopic (exact) mass is 352 g/mol. The van der Waals surface area contributed by atoms with Gasteiger partial charge in [-0.15, -0.1) is 0 Å². The third kappa shape index (κ3) is 4.63. The summed E-state index contributed by atoms with van der Waals surface area (Å²) in [5.41, 5.74) is 2.60. The van der Waals surface area contributed by atoms with Gasteiger partial charge >= 0.3 is 0 Å². The number of nitrogens with zero attached hydrogens (tertiary/aromatic N) is 1. The average molecular weight is 352 g/mol. The molecular weight excluding hydrogens is 328 g/mol. The van der Waals surface area contributed by atoms with E-state index in [9.17, 15) is 9.59 Å². The standard InChI is InChI=1S/C21H24N2O3/c1-2-20(24)16-5-11-19(12-6-16)26-15-21(25)22-17-7-9-18(10-8-17)23-13-3-4-14-23/h5-12H,2-4,13-15H2,1H3,(H,22,25). The lowest BCUT2D eigenvalue weighted by molar-refractivity contribution is -0.118. The van der Waals surface area contributed by atoms with E-state index in [0.29, 0.717) is 17.7 Å². The number of amides is 1. The van der Waals surface area contributed by atoms with Crippen molar-refractivity contribution in [3.8, 4) is 5.75 Å². The minimum Gasteiger partial charge on any atom is -0.484 e. The summed E-state index contributed by atoms with van der Waals surface area (Å²) in [5, 5.41) is 2.83. The molecule has 0 aromatic heterocycles. The van der Waals surface area contributed by atoms with Crippen molar-refractivity contribution in [2.45, 2.75) is 26.2 Å². The maximum Gasteiger partial charge on any atom is 0.262 e. The van der Waals surface area contributed by atoms with E-state index in [1.165, 1.54) is 18.5 Å². The number of ether oxygens (including phenoxy) is 1. The van der Waals surface area contributed by atoms with Gasteiger partial charge in [-0.25, -0.2) is 0 Å². The van der Waals surface area contributed by atoms with Crippen molar-refractivity contribution < 1.29 is 14.3 Å². The van der Waals surface area contributed by atoms with Crippen LogP contribution >= 0.6 is 0 Å². The molecular formula is C21H24N2O3. The molecule has 0 atom stereocenters. The molecule has 0 bridgehead atoms. The van der Waals surface area contributed by atoms with Crippen molar-refractivity contribution in [1.29, 1.82) is 0 Å². The Bertz CT molecular complexity index is 748. The number of benzene rings is 2. The van der Waals surface area contributed by atoms with Gasteiger partial charge in [-0.1, -0.05) is 6.92 Å². The summed E-state index contributed by atoms with van der Waals surface area (Å²) in [6.07, 6.45) is 2.95. The minimum atomic E-state index is -0.215. The third-order valence-corrected chi connectivity index (χ3v) is 4.49. The van der Waals surface area contributed by atoms with Gasteiger partial charge in [-0.2, -0.15) is 0 Å². The Hall–Kier alpha value is -2.82. The van der Waals surface area contributed by atoms with Gasteiger partial charge in [0.05, 0.1) is 0 Å². The third-order valence-electron chi connectivity index (χ3n) is 4.49. The van der Waals surface area contributed by atoms with Gasteiger partial charge in [0.25, 0.3) is 5.91 Å². The van der Waals surface area contributed by atoms with Gasteiger partial charge in [0.1, 0.15) is 5.75 Å². The molecule has 0 unspecified atom stereocenters.